The zero-order chi connectivity index (χ0) is 37.3. The van der Waals surface area contributed by atoms with Gasteiger partial charge < -0.3 is 46.0 Å². The lowest BCUT2D eigenvalue weighted by atomic mass is 10.0. The minimum Gasteiger partial charge on any atom is -0.507 e. The average Bonchev–Trinajstić information content (AvgIpc) is 3.66. The molecule has 0 unspecified atom stereocenters. The molecule has 1 fully saturated rings. The monoisotopic (exact) mass is 704 g/mol. The second-order valence-electron chi connectivity index (χ2n) is 12.9. The third-order valence-electron chi connectivity index (χ3n) is 8.94. The molecule has 1 aliphatic rings. The maximum atomic E-state index is 13.3. The summed E-state index contributed by atoms with van der Waals surface area (Å²) in [4.78, 5) is 26.3. The van der Waals surface area contributed by atoms with Gasteiger partial charge in [-0.3, -0.25) is 4.79 Å². The van der Waals surface area contributed by atoms with Gasteiger partial charge in [0.2, 0.25) is 5.91 Å². The highest BCUT2D eigenvalue weighted by atomic mass is 16.4. The van der Waals surface area contributed by atoms with E-state index >= 15 is 0 Å². The van der Waals surface area contributed by atoms with Crippen LogP contribution in [-0.2, 0) is 17.8 Å². The number of carboxylic acids is 1. The number of hydrogen-bond acceptors (Lipinski definition) is 9. The molecule has 0 saturated heterocycles. The molecule has 11 nitrogen and oxygen atoms in total. The summed E-state index contributed by atoms with van der Waals surface area (Å²) < 4.78 is 0. The lowest BCUT2D eigenvalue weighted by molar-refractivity contribution is -0.119. The van der Waals surface area contributed by atoms with Gasteiger partial charge in [-0.25, -0.2) is 4.79 Å². The number of amides is 1. The molecule has 1 saturated carbocycles. The number of carboxylic acid groups (broad SMARTS) is 1. The van der Waals surface area contributed by atoms with Crippen LogP contribution in [0.1, 0.15) is 84.5 Å². The summed E-state index contributed by atoms with van der Waals surface area (Å²) in [7, 11) is 1.57. The number of anilines is 1. The fourth-order valence-electron chi connectivity index (χ4n) is 5.91. The Morgan fingerprint density at radius 3 is 1.94 bits per heavy atom. The van der Waals surface area contributed by atoms with Crippen LogP contribution < -0.4 is 10.2 Å². The van der Waals surface area contributed by atoms with Crippen molar-refractivity contribution in [3.05, 3.63) is 94.5 Å². The number of aromatic hydroxyl groups is 1. The average molecular weight is 705 g/mol. The van der Waals surface area contributed by atoms with Crippen LogP contribution in [0.4, 0.5) is 5.69 Å². The van der Waals surface area contributed by atoms with E-state index in [0.717, 1.165) is 36.0 Å². The molecule has 0 heterocycles. The zero-order valence-corrected chi connectivity index (χ0v) is 29.4. The second-order valence-corrected chi connectivity index (χ2v) is 12.9. The van der Waals surface area contributed by atoms with Gasteiger partial charge >= 0.3 is 5.97 Å². The Bertz CT molecular complexity index is 1580. The molecular weight excluding hydrogens is 652 g/mol. The van der Waals surface area contributed by atoms with Gasteiger partial charge in [0.1, 0.15) is 29.6 Å². The number of nitrogens with zero attached hydrogens (tertiary/aromatic N) is 1. The van der Waals surface area contributed by atoms with Crippen LogP contribution in [0.5, 0.6) is 5.75 Å². The molecule has 0 bridgehead atoms. The van der Waals surface area contributed by atoms with Crippen LogP contribution in [0.3, 0.4) is 0 Å². The standard InChI is InChI=1S/C33H35NO4.C7H17NO5/c1-2-5-24-8-10-26(11-9-24)12-13-27-14-16-28(17-15-27)23-34(32(36)21-18-25-6-3-4-7-25)29-19-20-30(33(37)38)31(35)22-29;1-8-2-4(10)6(12)7(13)5(11)3-9/h8-11,14-17,19-20,22,25,35H,2-7,18,21,23H2,1H3,(H,37,38);4-13H,2-3H2,1H3/t;4-,5+,6+,7+/m.0/s1. The van der Waals surface area contributed by atoms with Gasteiger partial charge in [0.25, 0.3) is 0 Å². The van der Waals surface area contributed by atoms with Crippen molar-refractivity contribution in [3.8, 4) is 17.6 Å². The number of aryl methyl sites for hydroxylation is 1. The van der Waals surface area contributed by atoms with Crippen molar-refractivity contribution in [2.75, 3.05) is 25.1 Å². The van der Waals surface area contributed by atoms with Crippen molar-refractivity contribution in [1.82, 2.24) is 5.32 Å². The molecular formula is C40H52N2O9. The second kappa shape index (κ2) is 21.2. The maximum Gasteiger partial charge on any atom is 0.339 e. The van der Waals surface area contributed by atoms with Gasteiger partial charge in [0.15, 0.2) is 0 Å². The Balaban J connectivity index is 0.000000460. The number of benzene rings is 3. The third kappa shape index (κ3) is 13.1. The molecule has 0 aromatic heterocycles. The van der Waals surface area contributed by atoms with Crippen LogP contribution in [0.15, 0.2) is 66.7 Å². The number of phenols is 1. The molecule has 1 amide bonds. The number of likely N-dealkylation sites (N-methyl/N-ethyl adjacent to an activating group) is 1. The van der Waals surface area contributed by atoms with Gasteiger partial charge in [-0.2, -0.15) is 0 Å². The third-order valence-corrected chi connectivity index (χ3v) is 8.94. The van der Waals surface area contributed by atoms with Crippen molar-refractivity contribution < 1.29 is 45.3 Å². The van der Waals surface area contributed by atoms with Gasteiger partial charge in [-0.15, -0.1) is 0 Å². The first kappa shape index (κ1) is 41.1. The highest BCUT2D eigenvalue weighted by molar-refractivity contribution is 5.96. The van der Waals surface area contributed by atoms with E-state index in [4.69, 9.17) is 20.4 Å². The first-order valence-electron chi connectivity index (χ1n) is 17.5. The quantitative estimate of drug-likeness (QED) is 0.109. The number of carbonyl (C=O) groups excluding carboxylic acids is 1. The predicted molar refractivity (Wildman–Crippen MR) is 195 cm³/mol. The van der Waals surface area contributed by atoms with Gasteiger partial charge in [-0.1, -0.05) is 75.1 Å². The largest absolute Gasteiger partial charge is 0.507 e. The molecule has 3 aromatic carbocycles. The van der Waals surface area contributed by atoms with E-state index in [-0.39, 0.29) is 23.8 Å². The zero-order valence-electron chi connectivity index (χ0n) is 29.4. The summed E-state index contributed by atoms with van der Waals surface area (Å²) >= 11 is 0. The van der Waals surface area contributed by atoms with Gasteiger partial charge in [0, 0.05) is 35.8 Å². The molecule has 276 valence electrons. The Labute approximate surface area is 300 Å². The summed E-state index contributed by atoms with van der Waals surface area (Å²) in [5, 5.41) is 67.0. The van der Waals surface area contributed by atoms with Crippen molar-refractivity contribution in [2.45, 2.75) is 89.3 Å². The Morgan fingerprint density at radius 1 is 0.863 bits per heavy atom. The minimum absolute atomic E-state index is 0.0326. The Morgan fingerprint density at radius 2 is 1.43 bits per heavy atom. The van der Waals surface area contributed by atoms with Crippen LogP contribution in [-0.4, -0.2) is 92.2 Å². The number of rotatable bonds is 15. The molecule has 51 heavy (non-hydrogen) atoms. The summed E-state index contributed by atoms with van der Waals surface area (Å²) in [6.07, 6.45) is 2.62. The van der Waals surface area contributed by atoms with Crippen LogP contribution in [0.25, 0.3) is 0 Å². The van der Waals surface area contributed by atoms with E-state index in [0.29, 0.717) is 24.6 Å². The van der Waals surface area contributed by atoms with E-state index in [9.17, 15) is 24.9 Å². The molecule has 11 heteroatoms. The molecule has 0 radical (unpaired) electrons. The molecule has 1 aliphatic carbocycles. The number of aliphatic hydroxyl groups excluding tert-OH is 5. The van der Waals surface area contributed by atoms with Crippen LogP contribution in [0.2, 0.25) is 0 Å². The normalized spacial score (nSPS) is 15.0. The fourth-order valence-corrected chi connectivity index (χ4v) is 5.91. The summed E-state index contributed by atoms with van der Waals surface area (Å²) in [6, 6.07) is 20.4. The van der Waals surface area contributed by atoms with Crippen molar-refractivity contribution >= 4 is 17.6 Å². The lowest BCUT2D eigenvalue weighted by Gasteiger charge is -2.25. The van der Waals surface area contributed by atoms with E-state index in [1.54, 1.807) is 18.0 Å². The van der Waals surface area contributed by atoms with E-state index in [1.807, 2.05) is 36.4 Å². The summed E-state index contributed by atoms with van der Waals surface area (Å²) in [6.45, 7) is 1.92. The molecule has 0 aliphatic heterocycles. The van der Waals surface area contributed by atoms with E-state index in [2.05, 4.69) is 36.2 Å². The van der Waals surface area contributed by atoms with E-state index in [1.165, 1.54) is 43.4 Å². The molecule has 0 spiro atoms. The van der Waals surface area contributed by atoms with Gasteiger partial charge in [0.05, 0.1) is 19.3 Å². The molecule has 4 atom stereocenters. The SMILES string of the molecule is CCCc1ccc(C#Cc2ccc(CN(C(=O)CCC3CCCC3)c3ccc(C(=O)O)c(O)c3)cc2)cc1.CNC[C@H](O)[C@@H](O)[C@H](O)[C@H](O)CO. The number of aromatic carboxylic acids is 1. The summed E-state index contributed by atoms with van der Waals surface area (Å²) in [5.74, 6) is 5.41. The number of nitrogens with one attached hydrogen (secondary N) is 1. The highest BCUT2D eigenvalue weighted by Crippen LogP contribution is 2.31. The minimum atomic E-state index is -1.55. The van der Waals surface area contributed by atoms with Crippen molar-refractivity contribution in [2.24, 2.45) is 5.92 Å². The maximum absolute atomic E-state index is 13.3. The van der Waals surface area contributed by atoms with Crippen molar-refractivity contribution in [3.63, 3.8) is 0 Å². The van der Waals surface area contributed by atoms with E-state index < -0.39 is 37.0 Å². The summed E-state index contributed by atoms with van der Waals surface area (Å²) in [5.41, 5.74) is 4.40. The van der Waals surface area contributed by atoms with Crippen molar-refractivity contribution in [1.29, 1.82) is 0 Å². The predicted octanol–water partition coefficient (Wildman–Crippen LogP) is 3.59. The van der Waals surface area contributed by atoms with Crippen LogP contribution in [0, 0.1) is 17.8 Å². The van der Waals surface area contributed by atoms with Gasteiger partial charge in [-0.05, 0) is 73.3 Å². The highest BCUT2D eigenvalue weighted by Gasteiger charge is 2.29. The Hall–Kier alpha value is -4.28. The first-order chi connectivity index (χ1) is 24.5. The fraction of sp³-hybridized carbons (Fsp3) is 0.450. The number of hydrogen-bond donors (Lipinski definition) is 8. The smallest absolute Gasteiger partial charge is 0.339 e. The first-order valence-corrected chi connectivity index (χ1v) is 17.5. The number of aliphatic hydroxyl groups is 5. The number of carbonyl (C=O) groups is 2. The molecule has 8 N–H and O–H groups in total. The molecule has 3 aromatic rings. The van der Waals surface area contributed by atoms with Crippen LogP contribution >= 0.6 is 0 Å². The Kier molecular flexibility index (Phi) is 17.1. The topological polar surface area (TPSA) is 191 Å². The lowest BCUT2D eigenvalue weighted by Crippen LogP contribution is -2.48. The molecule has 4 rings (SSSR count).